The molecule has 64 valence electrons. The van der Waals surface area contributed by atoms with Gasteiger partial charge in [-0.1, -0.05) is 0 Å². The molecule has 0 aromatic heterocycles. The summed E-state index contributed by atoms with van der Waals surface area (Å²) >= 11 is 0. The van der Waals surface area contributed by atoms with Crippen molar-refractivity contribution >= 4 is 0 Å². The van der Waals surface area contributed by atoms with Crippen molar-refractivity contribution in [3.63, 3.8) is 0 Å². The van der Waals surface area contributed by atoms with Gasteiger partial charge in [-0.25, -0.2) is 0 Å². The molecule has 2 atom stereocenters. The van der Waals surface area contributed by atoms with E-state index in [-0.39, 0.29) is 12.6 Å². The minimum atomic E-state index is -3.02. The number of nitrogens with one attached hydrogen (secondary N) is 1. The molecule has 3 nitrogen and oxygen atoms in total. The van der Waals surface area contributed by atoms with E-state index < -0.39 is 18.8 Å². The molecule has 2 saturated heterocycles. The van der Waals surface area contributed by atoms with Crippen molar-refractivity contribution in [3.8, 4) is 0 Å². The minimum absolute atomic E-state index is 0.0466. The van der Waals surface area contributed by atoms with Gasteiger partial charge in [-0.05, 0) is 0 Å². The Labute approximate surface area is 62.7 Å². The summed E-state index contributed by atoms with van der Waals surface area (Å²) in [4.78, 5) is 0. The number of hydrogen-bond donors (Lipinski definition) is 1. The van der Waals surface area contributed by atoms with Crippen LogP contribution in [-0.4, -0.2) is 38.0 Å². The summed E-state index contributed by atoms with van der Waals surface area (Å²) in [6.07, 6.45) is -3.49. The smallest absolute Gasteiger partial charge is 0.368 e. The Morgan fingerprint density at radius 3 is 3.00 bits per heavy atom. The molecule has 2 aliphatic rings. The van der Waals surface area contributed by atoms with E-state index in [1.807, 2.05) is 0 Å². The molecule has 0 aliphatic carbocycles. The summed E-state index contributed by atoms with van der Waals surface area (Å²) in [6.45, 7) is 0.339. The van der Waals surface area contributed by atoms with Crippen molar-refractivity contribution < 1.29 is 18.3 Å². The molecule has 0 amide bonds. The van der Waals surface area contributed by atoms with Crippen LogP contribution < -0.4 is 5.32 Å². The van der Waals surface area contributed by atoms with Gasteiger partial charge in [0.15, 0.2) is 0 Å². The zero-order valence-corrected chi connectivity index (χ0v) is 5.85. The highest BCUT2D eigenvalue weighted by molar-refractivity contribution is 4.87. The van der Waals surface area contributed by atoms with E-state index in [0.717, 1.165) is 0 Å². The van der Waals surface area contributed by atoms with Crippen LogP contribution in [-0.2, 0) is 9.47 Å². The van der Waals surface area contributed by atoms with E-state index in [4.69, 9.17) is 4.74 Å². The van der Waals surface area contributed by atoms with Crippen LogP contribution in [0.1, 0.15) is 0 Å². The average Bonchev–Trinajstić information content (AvgIpc) is 2.31. The first-order valence-electron chi connectivity index (χ1n) is 3.54. The second-order valence-electron chi connectivity index (χ2n) is 2.82. The Bertz CT molecular complexity index is 165. The highest BCUT2D eigenvalue weighted by Crippen LogP contribution is 2.25. The Morgan fingerprint density at radius 2 is 2.18 bits per heavy atom. The molecular weight excluding hydrogens is 156 g/mol. The van der Waals surface area contributed by atoms with Gasteiger partial charge >= 0.3 is 6.11 Å². The summed E-state index contributed by atoms with van der Waals surface area (Å²) < 4.78 is 34.4. The molecular formula is C6H9F2NO2. The summed E-state index contributed by atoms with van der Waals surface area (Å²) in [7, 11) is 0. The molecule has 2 heterocycles. The van der Waals surface area contributed by atoms with E-state index in [1.165, 1.54) is 0 Å². The van der Waals surface area contributed by atoms with Crippen LogP contribution in [0.15, 0.2) is 0 Å². The molecule has 0 aromatic carbocycles. The first-order chi connectivity index (χ1) is 5.17. The topological polar surface area (TPSA) is 30.5 Å². The minimum Gasteiger partial charge on any atom is -0.377 e. The Balaban J connectivity index is 2.02. The Kier molecular flexibility index (Phi) is 1.59. The zero-order valence-electron chi connectivity index (χ0n) is 5.85. The largest absolute Gasteiger partial charge is 0.377 e. The third-order valence-corrected chi connectivity index (χ3v) is 1.92. The maximum atomic E-state index is 12.5. The lowest BCUT2D eigenvalue weighted by molar-refractivity contribution is -0.277. The normalized spacial score (nSPS) is 42.0. The molecule has 0 unspecified atom stereocenters. The number of fused-ring (bicyclic) bond motifs is 1. The molecule has 2 rings (SSSR count). The van der Waals surface area contributed by atoms with Crippen LogP contribution in [0.25, 0.3) is 0 Å². The Hall–Kier alpha value is -0.260. The van der Waals surface area contributed by atoms with Crippen molar-refractivity contribution in [2.75, 3.05) is 19.8 Å². The molecule has 5 heteroatoms. The van der Waals surface area contributed by atoms with E-state index in [0.29, 0.717) is 6.61 Å². The monoisotopic (exact) mass is 165 g/mol. The SMILES string of the molecule is FC1(F)CN[C@H]2COC[C@@H]2O1. The van der Waals surface area contributed by atoms with Gasteiger partial charge in [0.1, 0.15) is 6.10 Å². The van der Waals surface area contributed by atoms with Crippen molar-refractivity contribution in [2.24, 2.45) is 0 Å². The lowest BCUT2D eigenvalue weighted by atomic mass is 10.2. The summed E-state index contributed by atoms with van der Waals surface area (Å²) in [5.74, 6) is 0. The molecule has 0 spiro atoms. The van der Waals surface area contributed by atoms with Crippen LogP contribution >= 0.6 is 0 Å². The molecule has 2 fully saturated rings. The fraction of sp³-hybridized carbons (Fsp3) is 1.00. The molecule has 0 bridgehead atoms. The third kappa shape index (κ3) is 1.36. The van der Waals surface area contributed by atoms with E-state index in [1.54, 1.807) is 0 Å². The fourth-order valence-electron chi connectivity index (χ4n) is 1.35. The van der Waals surface area contributed by atoms with E-state index >= 15 is 0 Å². The number of hydrogen-bond acceptors (Lipinski definition) is 3. The maximum absolute atomic E-state index is 12.5. The first-order valence-corrected chi connectivity index (χ1v) is 3.54. The zero-order chi connectivity index (χ0) is 7.90. The number of ether oxygens (including phenoxy) is 2. The number of morpholine rings is 1. The number of alkyl halides is 2. The van der Waals surface area contributed by atoms with Crippen LogP contribution in [0.5, 0.6) is 0 Å². The second kappa shape index (κ2) is 2.36. The van der Waals surface area contributed by atoms with Gasteiger partial charge in [-0.15, -0.1) is 0 Å². The van der Waals surface area contributed by atoms with Crippen molar-refractivity contribution in [1.82, 2.24) is 5.32 Å². The van der Waals surface area contributed by atoms with E-state index in [9.17, 15) is 8.78 Å². The van der Waals surface area contributed by atoms with Gasteiger partial charge < -0.3 is 14.8 Å². The third-order valence-electron chi connectivity index (χ3n) is 1.92. The predicted molar refractivity (Wildman–Crippen MR) is 32.4 cm³/mol. The van der Waals surface area contributed by atoms with Crippen LogP contribution in [0.3, 0.4) is 0 Å². The average molecular weight is 165 g/mol. The lowest BCUT2D eigenvalue weighted by Gasteiger charge is -2.31. The quantitative estimate of drug-likeness (QED) is 0.546. The molecule has 0 saturated carbocycles. The first kappa shape index (κ1) is 7.39. The molecule has 0 radical (unpaired) electrons. The highest BCUT2D eigenvalue weighted by Gasteiger charge is 2.44. The van der Waals surface area contributed by atoms with Gasteiger partial charge in [0, 0.05) is 0 Å². The van der Waals surface area contributed by atoms with Gasteiger partial charge in [0.2, 0.25) is 0 Å². The standard InChI is InChI=1S/C6H9F2NO2/c7-6(8)3-9-4-1-10-2-5(4)11-6/h4-5,9H,1-3H2/t4-,5-/m0/s1. The van der Waals surface area contributed by atoms with Gasteiger partial charge in [0.05, 0.1) is 25.8 Å². The predicted octanol–water partition coefficient (Wildman–Crippen LogP) is -0.0336. The molecule has 11 heavy (non-hydrogen) atoms. The Morgan fingerprint density at radius 1 is 1.36 bits per heavy atom. The fourth-order valence-corrected chi connectivity index (χ4v) is 1.35. The molecule has 1 N–H and O–H groups in total. The van der Waals surface area contributed by atoms with Gasteiger partial charge in [-0.3, -0.25) is 0 Å². The lowest BCUT2D eigenvalue weighted by Crippen LogP contribution is -2.54. The van der Waals surface area contributed by atoms with E-state index in [2.05, 4.69) is 10.1 Å². The number of rotatable bonds is 0. The number of halogens is 2. The molecule has 2 aliphatic heterocycles. The maximum Gasteiger partial charge on any atom is 0.368 e. The van der Waals surface area contributed by atoms with Crippen molar-refractivity contribution in [3.05, 3.63) is 0 Å². The van der Waals surface area contributed by atoms with Gasteiger partial charge in [0.25, 0.3) is 0 Å². The van der Waals surface area contributed by atoms with Crippen LogP contribution in [0.2, 0.25) is 0 Å². The van der Waals surface area contributed by atoms with Crippen molar-refractivity contribution in [1.29, 1.82) is 0 Å². The van der Waals surface area contributed by atoms with Gasteiger partial charge in [-0.2, -0.15) is 8.78 Å². The highest BCUT2D eigenvalue weighted by atomic mass is 19.3. The summed E-state index contributed by atoms with van der Waals surface area (Å²) in [6, 6.07) is -0.0466. The van der Waals surface area contributed by atoms with Crippen LogP contribution in [0.4, 0.5) is 8.78 Å². The summed E-state index contributed by atoms with van der Waals surface area (Å²) in [5.41, 5.74) is 0. The second-order valence-corrected chi connectivity index (χ2v) is 2.82. The summed E-state index contributed by atoms with van der Waals surface area (Å²) in [5, 5.41) is 2.67. The van der Waals surface area contributed by atoms with Crippen LogP contribution in [0, 0.1) is 0 Å². The van der Waals surface area contributed by atoms with Crippen molar-refractivity contribution in [2.45, 2.75) is 18.3 Å². The molecule has 0 aromatic rings.